The summed E-state index contributed by atoms with van der Waals surface area (Å²) in [6.45, 7) is 0. The number of hydrogen-bond acceptors (Lipinski definition) is 4. The van der Waals surface area contributed by atoms with Gasteiger partial charge in [0, 0.05) is 22.4 Å². The molecule has 0 N–H and O–H groups in total. The molecule has 2 aliphatic carbocycles. The van der Waals surface area contributed by atoms with E-state index in [0.29, 0.717) is 10.7 Å². The highest BCUT2D eigenvalue weighted by Crippen LogP contribution is 2.62. The van der Waals surface area contributed by atoms with Crippen LogP contribution in [-0.4, -0.2) is 23.6 Å². The first-order valence-electron chi connectivity index (χ1n) is 11.0. The van der Waals surface area contributed by atoms with Crippen LogP contribution in [0.5, 0.6) is 0 Å². The molecular weight excluding hydrogens is 424 g/mol. The van der Waals surface area contributed by atoms with E-state index >= 15 is 0 Å². The van der Waals surface area contributed by atoms with Gasteiger partial charge in [0.1, 0.15) is 6.10 Å². The lowest BCUT2D eigenvalue weighted by Crippen LogP contribution is -2.41. The van der Waals surface area contributed by atoms with E-state index in [1.54, 1.807) is 0 Å². The maximum atomic E-state index is 13.6. The van der Waals surface area contributed by atoms with E-state index in [2.05, 4.69) is 5.16 Å². The van der Waals surface area contributed by atoms with Crippen molar-refractivity contribution in [1.29, 1.82) is 0 Å². The molecule has 1 saturated heterocycles. The van der Waals surface area contributed by atoms with Gasteiger partial charge in [-0.1, -0.05) is 65.3 Å². The van der Waals surface area contributed by atoms with Gasteiger partial charge in [-0.05, 0) is 41.3 Å². The standard InChI is InChI=1S/C26H19ClN2O3/c27-19-8-4-3-7-16(19)23-22-17-12-18(24(22)32-28-23)21-20(17)25(30)29(26(21)31)15-10-9-13-5-1-2-6-14(13)11-15/h1-11,17-18,20-22,24H,12H2/t17-,18-,20+,21-,22-,24+/m1/s1. The SMILES string of the molecule is O=C1[C@@H]2[C@H]3C[C@@H]([C@@H]4C(c5ccccc5Cl)=NO[C@@H]34)[C@@H]2C(=O)N1c1ccc2ccccc2c1. The maximum Gasteiger partial charge on any atom is 0.238 e. The Morgan fingerprint density at radius 3 is 2.38 bits per heavy atom. The number of benzene rings is 3. The third-order valence-electron chi connectivity index (χ3n) is 7.83. The first-order valence-corrected chi connectivity index (χ1v) is 11.4. The first kappa shape index (κ1) is 18.4. The van der Waals surface area contributed by atoms with E-state index in [-0.39, 0.29) is 47.5 Å². The maximum absolute atomic E-state index is 13.6. The highest BCUT2D eigenvalue weighted by atomic mass is 35.5. The number of imide groups is 1. The Bertz CT molecular complexity index is 1350. The van der Waals surface area contributed by atoms with Crippen LogP contribution in [0.15, 0.2) is 71.9 Å². The van der Waals surface area contributed by atoms with Crippen LogP contribution in [0.1, 0.15) is 12.0 Å². The van der Waals surface area contributed by atoms with E-state index in [4.69, 9.17) is 16.4 Å². The molecule has 6 atom stereocenters. The average Bonchev–Trinajstić information content (AvgIpc) is 3.54. The van der Waals surface area contributed by atoms with Crippen molar-refractivity contribution in [3.05, 3.63) is 77.3 Å². The van der Waals surface area contributed by atoms with Crippen LogP contribution in [0, 0.1) is 29.6 Å². The van der Waals surface area contributed by atoms with E-state index in [0.717, 1.165) is 28.5 Å². The zero-order chi connectivity index (χ0) is 21.6. The number of nitrogens with zero attached hydrogens (tertiary/aromatic N) is 2. The number of carbonyl (C=O) groups is 2. The molecule has 0 unspecified atom stereocenters. The third kappa shape index (κ3) is 2.27. The second kappa shape index (κ2) is 6.42. The number of rotatable bonds is 2. The zero-order valence-electron chi connectivity index (χ0n) is 17.0. The predicted molar refractivity (Wildman–Crippen MR) is 121 cm³/mol. The molecule has 2 saturated carbocycles. The van der Waals surface area contributed by atoms with Crippen molar-refractivity contribution in [3.63, 3.8) is 0 Å². The minimum Gasteiger partial charge on any atom is -0.391 e. The molecule has 3 fully saturated rings. The Balaban J connectivity index is 1.26. The second-order valence-electron chi connectivity index (χ2n) is 9.21. The molecule has 0 spiro atoms. The Morgan fingerprint density at radius 2 is 1.56 bits per heavy atom. The fourth-order valence-electron chi connectivity index (χ4n) is 6.59. The first-order chi connectivity index (χ1) is 15.6. The lowest BCUT2D eigenvalue weighted by molar-refractivity contribution is -0.125. The van der Waals surface area contributed by atoms with E-state index in [1.165, 1.54) is 4.90 Å². The normalized spacial score (nSPS) is 32.3. The average molecular weight is 443 g/mol. The number of anilines is 1. The summed E-state index contributed by atoms with van der Waals surface area (Å²) < 4.78 is 0. The van der Waals surface area contributed by atoms with Gasteiger partial charge in [0.25, 0.3) is 0 Å². The molecule has 0 aromatic heterocycles. The van der Waals surface area contributed by atoms with Gasteiger partial charge in [0.15, 0.2) is 0 Å². The number of halogens is 1. The van der Waals surface area contributed by atoms with Gasteiger partial charge in [0.05, 0.1) is 23.2 Å². The van der Waals surface area contributed by atoms with E-state index < -0.39 is 0 Å². The molecule has 7 rings (SSSR count). The molecule has 2 amide bonds. The Hall–Kier alpha value is -3.18. The number of oxime groups is 1. The molecule has 2 bridgehead atoms. The van der Waals surface area contributed by atoms with Gasteiger partial charge in [0.2, 0.25) is 11.8 Å². The number of fused-ring (bicyclic) bond motifs is 9. The predicted octanol–water partition coefficient (Wildman–Crippen LogP) is 4.67. The van der Waals surface area contributed by atoms with Crippen LogP contribution in [0.2, 0.25) is 5.02 Å². The van der Waals surface area contributed by atoms with E-state index in [9.17, 15) is 9.59 Å². The van der Waals surface area contributed by atoms with Crippen molar-refractivity contribution < 1.29 is 14.4 Å². The number of amides is 2. The highest BCUT2D eigenvalue weighted by molar-refractivity contribution is 6.34. The molecule has 2 aliphatic heterocycles. The summed E-state index contributed by atoms with van der Waals surface area (Å²) in [5.41, 5.74) is 2.32. The molecule has 32 heavy (non-hydrogen) atoms. The lowest BCUT2D eigenvalue weighted by Gasteiger charge is -2.30. The number of carbonyl (C=O) groups excluding carboxylic acids is 2. The molecule has 3 aromatic carbocycles. The number of hydrogen-bond donors (Lipinski definition) is 0. The van der Waals surface area contributed by atoms with Gasteiger partial charge >= 0.3 is 0 Å². The van der Waals surface area contributed by atoms with Crippen molar-refractivity contribution in [3.8, 4) is 0 Å². The summed E-state index contributed by atoms with van der Waals surface area (Å²) in [6, 6.07) is 21.3. The minimum atomic E-state index is -0.332. The molecule has 6 heteroatoms. The molecule has 2 heterocycles. The van der Waals surface area contributed by atoms with E-state index in [1.807, 2.05) is 66.7 Å². The largest absolute Gasteiger partial charge is 0.391 e. The van der Waals surface area contributed by atoms with Gasteiger partial charge in [-0.3, -0.25) is 14.5 Å². The topological polar surface area (TPSA) is 59.0 Å². The smallest absolute Gasteiger partial charge is 0.238 e. The van der Waals surface area contributed by atoms with Crippen molar-refractivity contribution in [2.75, 3.05) is 4.90 Å². The quantitative estimate of drug-likeness (QED) is 0.542. The summed E-state index contributed by atoms with van der Waals surface area (Å²) in [5.74, 6) is -0.817. The zero-order valence-corrected chi connectivity index (χ0v) is 17.8. The monoisotopic (exact) mass is 442 g/mol. The summed E-state index contributed by atoms with van der Waals surface area (Å²) in [4.78, 5) is 34.4. The van der Waals surface area contributed by atoms with Crippen molar-refractivity contribution in [2.45, 2.75) is 12.5 Å². The summed E-state index contributed by atoms with van der Waals surface area (Å²) in [5, 5.41) is 7.10. The molecule has 3 aromatic rings. The minimum absolute atomic E-state index is 0.000596. The van der Waals surface area contributed by atoms with Crippen molar-refractivity contribution in [2.24, 2.45) is 34.7 Å². The van der Waals surface area contributed by atoms with Crippen molar-refractivity contribution >= 4 is 45.6 Å². The summed E-state index contributed by atoms with van der Waals surface area (Å²) in [6.07, 6.45) is 0.651. The van der Waals surface area contributed by atoms with Gasteiger partial charge in [-0.15, -0.1) is 0 Å². The van der Waals surface area contributed by atoms with Crippen LogP contribution in [0.25, 0.3) is 10.8 Å². The molecule has 0 radical (unpaired) electrons. The summed E-state index contributed by atoms with van der Waals surface area (Å²) >= 11 is 6.45. The fourth-order valence-corrected chi connectivity index (χ4v) is 6.82. The van der Waals surface area contributed by atoms with Gasteiger partial charge in [-0.2, -0.15) is 0 Å². The van der Waals surface area contributed by atoms with Crippen molar-refractivity contribution in [1.82, 2.24) is 0 Å². The molecular formula is C26H19ClN2O3. The summed E-state index contributed by atoms with van der Waals surface area (Å²) in [7, 11) is 0. The Kier molecular flexibility index (Phi) is 3.69. The lowest BCUT2D eigenvalue weighted by atomic mass is 9.71. The Morgan fingerprint density at radius 1 is 0.844 bits per heavy atom. The second-order valence-corrected chi connectivity index (χ2v) is 9.62. The van der Waals surface area contributed by atoms with Crippen LogP contribution in [-0.2, 0) is 14.4 Å². The third-order valence-corrected chi connectivity index (χ3v) is 8.16. The van der Waals surface area contributed by atoms with Crippen LogP contribution in [0.3, 0.4) is 0 Å². The molecule has 4 aliphatic rings. The van der Waals surface area contributed by atoms with Crippen LogP contribution >= 0.6 is 11.6 Å². The van der Waals surface area contributed by atoms with Crippen LogP contribution < -0.4 is 4.90 Å². The Labute approximate surface area is 189 Å². The fraction of sp³-hybridized carbons (Fsp3) is 0.269. The van der Waals surface area contributed by atoms with Crippen LogP contribution in [0.4, 0.5) is 5.69 Å². The van der Waals surface area contributed by atoms with Gasteiger partial charge < -0.3 is 4.84 Å². The van der Waals surface area contributed by atoms with Gasteiger partial charge in [-0.25, -0.2) is 0 Å². The molecule has 5 nitrogen and oxygen atoms in total. The highest BCUT2D eigenvalue weighted by Gasteiger charge is 2.70. The molecule has 158 valence electrons.